The van der Waals surface area contributed by atoms with Gasteiger partial charge in [-0.05, 0) is 80.9 Å². The van der Waals surface area contributed by atoms with Crippen LogP contribution in [-0.2, 0) is 5.41 Å². The van der Waals surface area contributed by atoms with Crippen molar-refractivity contribution in [3.05, 3.63) is 198 Å². The first-order valence-corrected chi connectivity index (χ1v) is 18.1. The number of hydrogen-bond acceptors (Lipinski definition) is 5. The molecule has 1 aliphatic carbocycles. The molecule has 0 fully saturated rings. The molecule has 0 N–H and O–H groups in total. The summed E-state index contributed by atoms with van der Waals surface area (Å²) in [5, 5.41) is 9.31. The van der Waals surface area contributed by atoms with Crippen molar-refractivity contribution in [3.8, 4) is 62.5 Å². The van der Waals surface area contributed by atoms with Crippen LogP contribution >= 0.6 is 11.8 Å². The lowest BCUT2D eigenvalue weighted by molar-refractivity contribution is 0.722. The molecule has 5 heteroatoms. The normalized spacial score (nSPS) is 13.1. The third-order valence-corrected chi connectivity index (χ3v) is 11.4. The fourth-order valence-corrected chi connectivity index (χ4v) is 9.09. The molecule has 52 heavy (non-hydrogen) atoms. The molecule has 7 aromatic carbocycles. The van der Waals surface area contributed by atoms with Gasteiger partial charge >= 0.3 is 0 Å². The predicted molar refractivity (Wildman–Crippen MR) is 208 cm³/mol. The van der Waals surface area contributed by atoms with Gasteiger partial charge in [-0.25, -0.2) is 15.0 Å². The lowest BCUT2D eigenvalue weighted by Crippen LogP contribution is -2.32. The summed E-state index contributed by atoms with van der Waals surface area (Å²) in [5.74, 6) is 1.84. The van der Waals surface area contributed by atoms with Crippen molar-refractivity contribution in [2.75, 3.05) is 0 Å². The average Bonchev–Trinajstić information content (AvgIpc) is 3.52. The summed E-state index contributed by atoms with van der Waals surface area (Å²) in [6.07, 6.45) is 0. The average molecular weight is 681 g/mol. The SMILES string of the molecule is N#Cc1ccc(-c2cccc(-c3nc(-c4ccccc4)nc(-c4ccc5c(c4)C4(c6ccccc6S5)c5ccccc5-c5ccccc54)n3)c2)cc1. The molecule has 242 valence electrons. The zero-order valence-corrected chi connectivity index (χ0v) is 28.7. The maximum absolute atomic E-state index is 9.31. The van der Waals surface area contributed by atoms with Gasteiger partial charge in [0, 0.05) is 26.5 Å². The maximum Gasteiger partial charge on any atom is 0.164 e. The zero-order chi connectivity index (χ0) is 34.6. The molecule has 0 saturated carbocycles. The van der Waals surface area contributed by atoms with Crippen molar-refractivity contribution in [3.63, 3.8) is 0 Å². The Bertz CT molecular complexity index is 2680. The Morgan fingerprint density at radius 2 is 0.923 bits per heavy atom. The first-order chi connectivity index (χ1) is 25.7. The van der Waals surface area contributed by atoms with Crippen LogP contribution in [0.25, 0.3) is 56.4 Å². The van der Waals surface area contributed by atoms with Crippen molar-refractivity contribution in [1.29, 1.82) is 5.26 Å². The van der Waals surface area contributed by atoms with E-state index >= 15 is 0 Å². The summed E-state index contributed by atoms with van der Waals surface area (Å²) in [7, 11) is 0. The number of nitriles is 1. The van der Waals surface area contributed by atoms with Crippen LogP contribution < -0.4 is 0 Å². The Morgan fingerprint density at radius 3 is 1.62 bits per heavy atom. The predicted octanol–water partition coefficient (Wildman–Crippen LogP) is 11.2. The number of fused-ring (bicyclic) bond motifs is 9. The molecule has 0 saturated heterocycles. The molecule has 0 unspecified atom stereocenters. The highest BCUT2D eigenvalue weighted by atomic mass is 32.2. The lowest BCUT2D eigenvalue weighted by atomic mass is 9.67. The molecule has 10 rings (SSSR count). The molecule has 0 atom stereocenters. The third-order valence-electron chi connectivity index (χ3n) is 10.2. The van der Waals surface area contributed by atoms with E-state index in [0.717, 1.165) is 27.8 Å². The van der Waals surface area contributed by atoms with Crippen LogP contribution in [0.5, 0.6) is 0 Å². The second kappa shape index (κ2) is 12.0. The van der Waals surface area contributed by atoms with E-state index in [9.17, 15) is 5.26 Å². The third kappa shape index (κ3) is 4.66. The zero-order valence-electron chi connectivity index (χ0n) is 27.9. The van der Waals surface area contributed by atoms with Gasteiger partial charge in [0.1, 0.15) is 0 Å². The van der Waals surface area contributed by atoms with E-state index in [2.05, 4.69) is 109 Å². The minimum absolute atomic E-state index is 0.492. The number of benzene rings is 7. The van der Waals surface area contributed by atoms with E-state index in [1.807, 2.05) is 78.5 Å². The molecule has 4 nitrogen and oxygen atoms in total. The van der Waals surface area contributed by atoms with Crippen LogP contribution in [0.2, 0.25) is 0 Å². The molecule has 1 aliphatic heterocycles. The van der Waals surface area contributed by atoms with Gasteiger partial charge in [0.2, 0.25) is 0 Å². The van der Waals surface area contributed by atoms with Crippen molar-refractivity contribution in [1.82, 2.24) is 15.0 Å². The largest absolute Gasteiger partial charge is 0.208 e. The number of hydrogen-bond donors (Lipinski definition) is 0. The molecule has 2 heterocycles. The summed E-state index contributed by atoms with van der Waals surface area (Å²) in [4.78, 5) is 17.9. The van der Waals surface area contributed by atoms with Gasteiger partial charge in [0.05, 0.1) is 17.0 Å². The summed E-state index contributed by atoms with van der Waals surface area (Å²) in [5.41, 5.74) is 12.6. The van der Waals surface area contributed by atoms with E-state index in [1.165, 1.54) is 43.2 Å². The van der Waals surface area contributed by atoms with E-state index in [4.69, 9.17) is 15.0 Å². The van der Waals surface area contributed by atoms with E-state index in [1.54, 1.807) is 0 Å². The molecule has 1 spiro atoms. The molecule has 1 aromatic heterocycles. The van der Waals surface area contributed by atoms with Gasteiger partial charge in [-0.3, -0.25) is 0 Å². The Labute approximate surface area is 306 Å². The maximum atomic E-state index is 9.31. The van der Waals surface area contributed by atoms with Crippen molar-refractivity contribution < 1.29 is 0 Å². The Hall–Kier alpha value is -6.61. The Balaban J connectivity index is 1.19. The van der Waals surface area contributed by atoms with E-state index in [-0.39, 0.29) is 0 Å². The highest BCUT2D eigenvalue weighted by Gasteiger charge is 2.50. The molecule has 0 amide bonds. The topological polar surface area (TPSA) is 62.5 Å². The van der Waals surface area contributed by atoms with Crippen molar-refractivity contribution >= 4 is 11.8 Å². The highest BCUT2D eigenvalue weighted by molar-refractivity contribution is 7.99. The monoisotopic (exact) mass is 680 g/mol. The summed E-state index contributed by atoms with van der Waals surface area (Å²) in [6.45, 7) is 0. The molecule has 2 aliphatic rings. The Kier molecular flexibility index (Phi) is 6.99. The van der Waals surface area contributed by atoms with Gasteiger partial charge < -0.3 is 0 Å². The minimum atomic E-state index is -0.492. The number of rotatable bonds is 4. The van der Waals surface area contributed by atoms with Gasteiger partial charge in [0.15, 0.2) is 17.5 Å². The van der Waals surface area contributed by atoms with Crippen LogP contribution in [0.1, 0.15) is 27.8 Å². The van der Waals surface area contributed by atoms with Crippen LogP contribution in [0.4, 0.5) is 0 Å². The van der Waals surface area contributed by atoms with Crippen LogP contribution in [0.3, 0.4) is 0 Å². The second-order valence-electron chi connectivity index (χ2n) is 13.1. The number of nitrogens with zero attached hydrogens (tertiary/aromatic N) is 4. The Morgan fingerprint density at radius 1 is 0.404 bits per heavy atom. The molecule has 8 aromatic rings. The van der Waals surface area contributed by atoms with Crippen molar-refractivity contribution in [2.24, 2.45) is 0 Å². The minimum Gasteiger partial charge on any atom is -0.208 e. The summed E-state index contributed by atoms with van der Waals surface area (Å²) in [6, 6.07) is 61.5. The molecule has 0 radical (unpaired) electrons. The highest BCUT2D eigenvalue weighted by Crippen LogP contribution is 2.62. The van der Waals surface area contributed by atoms with E-state index < -0.39 is 5.41 Å². The van der Waals surface area contributed by atoms with Crippen LogP contribution in [-0.4, -0.2) is 15.0 Å². The van der Waals surface area contributed by atoms with Gasteiger partial charge in [-0.15, -0.1) is 0 Å². The fourth-order valence-electron chi connectivity index (χ4n) is 7.92. The van der Waals surface area contributed by atoms with Gasteiger partial charge in [-0.2, -0.15) is 5.26 Å². The van der Waals surface area contributed by atoms with Crippen LogP contribution in [0, 0.1) is 11.3 Å². The summed E-state index contributed by atoms with van der Waals surface area (Å²) >= 11 is 1.83. The second-order valence-corrected chi connectivity index (χ2v) is 14.2. The smallest absolute Gasteiger partial charge is 0.164 e. The lowest BCUT2D eigenvalue weighted by Gasteiger charge is -2.39. The molecule has 0 bridgehead atoms. The first-order valence-electron chi connectivity index (χ1n) is 17.2. The summed E-state index contributed by atoms with van der Waals surface area (Å²) < 4.78 is 0. The number of aromatic nitrogens is 3. The van der Waals surface area contributed by atoms with Gasteiger partial charge in [0.25, 0.3) is 0 Å². The first kappa shape index (κ1) is 30.2. The van der Waals surface area contributed by atoms with Gasteiger partial charge in [-0.1, -0.05) is 145 Å². The van der Waals surface area contributed by atoms with Crippen LogP contribution in [0.15, 0.2) is 180 Å². The molecular weight excluding hydrogens is 653 g/mol. The standard InChI is InChI=1S/C47H28N4S/c48-29-30-21-23-31(24-22-30)33-13-10-14-34(27-33)45-49-44(32-11-2-1-3-12-32)50-46(51-45)35-25-26-43-41(28-35)47(40-19-8-9-20-42(40)52-43)38-17-6-4-15-36(38)37-16-5-7-18-39(37)47/h1-28H. The van der Waals surface area contributed by atoms with E-state index in [0.29, 0.717) is 23.0 Å². The molecular formula is C47H28N4S. The fraction of sp³-hybridized carbons (Fsp3) is 0.0213. The quantitative estimate of drug-likeness (QED) is 0.185. The van der Waals surface area contributed by atoms with Crippen molar-refractivity contribution in [2.45, 2.75) is 15.2 Å².